The average Bonchev–Trinajstić information content (AvgIpc) is 3.28. The number of hydrogen-bond donors (Lipinski definition) is 1. The minimum absolute atomic E-state index is 0.00521. The van der Waals surface area contributed by atoms with Gasteiger partial charge in [-0.3, -0.25) is 36.7 Å². The molecule has 0 saturated carbocycles. The molecule has 1 aromatic rings. The predicted octanol–water partition coefficient (Wildman–Crippen LogP) is 3.91. The molecule has 0 radical (unpaired) electrons. The zero-order chi connectivity index (χ0) is 31.6. The van der Waals surface area contributed by atoms with E-state index < -0.39 is 21.7 Å². The van der Waals surface area contributed by atoms with Crippen LogP contribution < -0.4 is 0 Å². The van der Waals surface area contributed by atoms with E-state index in [0.29, 0.717) is 24.6 Å². The molecule has 42 heavy (non-hydrogen) atoms. The first-order valence-corrected chi connectivity index (χ1v) is 18.0. The molecule has 0 amide bonds. The summed E-state index contributed by atoms with van der Waals surface area (Å²) in [6.45, 7) is 4.15. The Morgan fingerprint density at radius 1 is 1.05 bits per heavy atom. The molecule has 0 aromatic heterocycles. The maximum absolute atomic E-state index is 12.9. The number of thioether (sulfide) groups is 2. The Morgan fingerprint density at radius 2 is 1.67 bits per heavy atom. The van der Waals surface area contributed by atoms with Gasteiger partial charge in [0.05, 0.1) is 33.0 Å². The molecule has 0 aliphatic carbocycles. The maximum Gasteiger partial charge on any atom is 0.475 e. The van der Waals surface area contributed by atoms with Gasteiger partial charge < -0.3 is 14.9 Å². The van der Waals surface area contributed by atoms with Crippen LogP contribution in [0.3, 0.4) is 0 Å². The van der Waals surface area contributed by atoms with Crippen LogP contribution in [0.4, 0.5) is 0 Å². The molecule has 1 aromatic carbocycles. The topological polar surface area (TPSA) is 150 Å². The largest absolute Gasteiger partial charge is 0.475 e. The van der Waals surface area contributed by atoms with Crippen molar-refractivity contribution in [3.63, 3.8) is 0 Å². The monoisotopic (exact) mass is 674 g/mol. The Hall–Kier alpha value is -0.640. The lowest BCUT2D eigenvalue weighted by Gasteiger charge is -2.24. The standard InChI is InChI=1S/C16H26NO6PS.C9H18NO5PS/c1-14(19)25-10-9-21-24(20,23-16(12-18)11-17(2)3)22-13-15-7-5-4-6-8-15;1-8(11)17-5-4-13-16(12)14-7-9(15-16)6-10(2)3/h4-8,16,18H,9-13H2,1-3H3;9H,4-7H2,1-3H3. The van der Waals surface area contributed by atoms with E-state index in [-0.39, 0.29) is 49.4 Å². The number of hydrogen-bond acceptors (Lipinski definition) is 15. The minimum Gasteiger partial charge on any atom is -0.394 e. The molecule has 0 bridgehead atoms. The smallest absolute Gasteiger partial charge is 0.394 e. The second-order valence-electron chi connectivity index (χ2n) is 9.46. The molecule has 17 heteroatoms. The molecule has 2 rings (SSSR count). The van der Waals surface area contributed by atoms with Crippen LogP contribution >= 0.6 is 39.2 Å². The van der Waals surface area contributed by atoms with Gasteiger partial charge in [0.1, 0.15) is 12.2 Å². The van der Waals surface area contributed by atoms with Gasteiger partial charge in [0.2, 0.25) is 0 Å². The van der Waals surface area contributed by atoms with Gasteiger partial charge >= 0.3 is 15.6 Å². The van der Waals surface area contributed by atoms with E-state index in [4.69, 9.17) is 27.1 Å². The zero-order valence-electron chi connectivity index (χ0n) is 25.0. The summed E-state index contributed by atoms with van der Waals surface area (Å²) in [7, 11) is 0.144. The minimum atomic E-state index is -3.88. The number of phosphoric ester groups is 2. The predicted molar refractivity (Wildman–Crippen MR) is 165 cm³/mol. The molecule has 1 saturated heterocycles. The number of nitrogens with zero attached hydrogens (tertiary/aromatic N) is 2. The number of likely N-dealkylation sites (N-methyl/N-ethyl adjacent to an activating group) is 2. The first-order chi connectivity index (χ1) is 19.8. The number of phosphoric acid groups is 2. The second kappa shape index (κ2) is 21.2. The Balaban J connectivity index is 0.000000452. The van der Waals surface area contributed by atoms with Crippen LogP contribution in [0, 0.1) is 0 Å². The van der Waals surface area contributed by atoms with E-state index in [1.807, 2.05) is 63.4 Å². The number of benzene rings is 1. The van der Waals surface area contributed by atoms with E-state index in [2.05, 4.69) is 0 Å². The highest BCUT2D eigenvalue weighted by Gasteiger charge is 2.38. The summed E-state index contributed by atoms with van der Waals surface area (Å²) in [6, 6.07) is 9.22. The summed E-state index contributed by atoms with van der Waals surface area (Å²) in [5.41, 5.74) is 0.821. The van der Waals surface area contributed by atoms with Gasteiger partial charge in [0.25, 0.3) is 0 Å². The highest BCUT2D eigenvalue weighted by molar-refractivity contribution is 8.13. The molecule has 1 fully saturated rings. The molecular weight excluding hydrogens is 630 g/mol. The Labute approximate surface area is 257 Å². The lowest BCUT2D eigenvalue weighted by atomic mass is 10.2. The van der Waals surface area contributed by atoms with E-state index in [1.165, 1.54) is 13.8 Å². The second-order valence-corrected chi connectivity index (χ2v) is 15.2. The summed E-state index contributed by atoms with van der Waals surface area (Å²) in [6.07, 6.45) is -0.937. The normalized spacial score (nSPS) is 20.6. The highest BCUT2D eigenvalue weighted by Crippen LogP contribution is 2.55. The molecule has 13 nitrogen and oxygen atoms in total. The molecule has 1 N–H and O–H groups in total. The van der Waals surface area contributed by atoms with Gasteiger partial charge in [0.15, 0.2) is 10.2 Å². The van der Waals surface area contributed by atoms with Gasteiger partial charge in [-0.2, -0.15) is 0 Å². The first kappa shape index (κ1) is 39.4. The Kier molecular flexibility index (Phi) is 19.8. The number of carbonyl (C=O) groups is 2. The maximum atomic E-state index is 12.9. The fourth-order valence-corrected chi connectivity index (χ4v) is 7.01. The molecule has 4 unspecified atom stereocenters. The average molecular weight is 675 g/mol. The van der Waals surface area contributed by atoms with Crippen molar-refractivity contribution in [2.24, 2.45) is 0 Å². The van der Waals surface area contributed by atoms with Gasteiger partial charge in [-0.15, -0.1) is 0 Å². The first-order valence-electron chi connectivity index (χ1n) is 13.1. The van der Waals surface area contributed by atoms with E-state index in [0.717, 1.165) is 29.1 Å². The van der Waals surface area contributed by atoms with Crippen molar-refractivity contribution >= 4 is 49.4 Å². The molecule has 1 aliphatic rings. The van der Waals surface area contributed by atoms with Crippen molar-refractivity contribution in [3.8, 4) is 0 Å². The third-order valence-corrected chi connectivity index (χ3v) is 9.40. The van der Waals surface area contributed by atoms with Gasteiger partial charge in [-0.25, -0.2) is 9.13 Å². The SMILES string of the molecule is CC(=O)SCCOP(=O)(OCc1ccccc1)OC(CO)CN(C)C.CC(=O)SCCOP1(=O)OCC(CN(C)C)O1. The van der Waals surface area contributed by atoms with E-state index in [9.17, 15) is 23.8 Å². The zero-order valence-corrected chi connectivity index (χ0v) is 28.5. The fourth-order valence-electron chi connectivity index (χ4n) is 3.19. The highest BCUT2D eigenvalue weighted by atomic mass is 32.2. The van der Waals surface area contributed by atoms with Crippen LogP contribution in [0.15, 0.2) is 30.3 Å². The number of aliphatic hydroxyl groups is 1. The molecule has 242 valence electrons. The molecule has 4 atom stereocenters. The van der Waals surface area contributed by atoms with Crippen molar-refractivity contribution in [1.82, 2.24) is 9.80 Å². The van der Waals surface area contributed by atoms with Gasteiger partial charge in [0, 0.05) is 38.4 Å². The van der Waals surface area contributed by atoms with Crippen molar-refractivity contribution in [1.29, 1.82) is 0 Å². The number of aliphatic hydroxyl groups excluding tert-OH is 1. The third kappa shape index (κ3) is 18.9. The quantitative estimate of drug-likeness (QED) is 0.177. The van der Waals surface area contributed by atoms with Crippen molar-refractivity contribution < 1.29 is 51.0 Å². The van der Waals surface area contributed by atoms with Crippen LogP contribution in [-0.4, -0.2) is 117 Å². The third-order valence-electron chi connectivity index (χ3n) is 4.82. The summed E-state index contributed by atoms with van der Waals surface area (Å²) in [4.78, 5) is 25.4. The lowest BCUT2D eigenvalue weighted by molar-refractivity contribution is -0.109. The summed E-state index contributed by atoms with van der Waals surface area (Å²) in [5.74, 6) is 0.791. The van der Waals surface area contributed by atoms with Crippen LogP contribution in [0.5, 0.6) is 0 Å². The Morgan fingerprint density at radius 3 is 2.21 bits per heavy atom. The molecule has 1 heterocycles. The van der Waals surface area contributed by atoms with E-state index in [1.54, 1.807) is 4.90 Å². The summed E-state index contributed by atoms with van der Waals surface area (Å²) < 4.78 is 56.3. The van der Waals surface area contributed by atoms with E-state index >= 15 is 0 Å². The Bertz CT molecular complexity index is 1020. The molecule has 1 aliphatic heterocycles. The lowest BCUT2D eigenvalue weighted by Crippen LogP contribution is -2.31. The molecule has 0 spiro atoms. The van der Waals surface area contributed by atoms with Crippen LogP contribution in [-0.2, 0) is 52.5 Å². The number of rotatable bonds is 18. The molecular formula is C25H44N2O11P2S2. The summed E-state index contributed by atoms with van der Waals surface area (Å²) >= 11 is 2.19. The van der Waals surface area contributed by atoms with Crippen LogP contribution in [0.1, 0.15) is 19.4 Å². The van der Waals surface area contributed by atoms with Crippen molar-refractivity contribution in [2.75, 3.05) is 79.2 Å². The summed E-state index contributed by atoms with van der Waals surface area (Å²) in [5, 5.41) is 9.39. The van der Waals surface area contributed by atoms with Gasteiger partial charge in [-0.1, -0.05) is 53.9 Å². The van der Waals surface area contributed by atoms with Crippen LogP contribution in [0.2, 0.25) is 0 Å². The number of carbonyl (C=O) groups excluding carboxylic acids is 2. The van der Waals surface area contributed by atoms with Crippen molar-refractivity contribution in [3.05, 3.63) is 35.9 Å². The van der Waals surface area contributed by atoms with Crippen LogP contribution in [0.25, 0.3) is 0 Å². The van der Waals surface area contributed by atoms with Gasteiger partial charge in [-0.05, 0) is 33.8 Å². The van der Waals surface area contributed by atoms with Crippen molar-refractivity contribution in [2.45, 2.75) is 32.7 Å². The fraction of sp³-hybridized carbons (Fsp3) is 0.680.